The van der Waals surface area contributed by atoms with E-state index in [0.717, 1.165) is 27.3 Å². The number of nitrogens with zero attached hydrogens (tertiary/aromatic N) is 2. The van der Waals surface area contributed by atoms with Gasteiger partial charge in [0.2, 0.25) is 0 Å². The second kappa shape index (κ2) is 11.1. The molecule has 1 heterocycles. The summed E-state index contributed by atoms with van der Waals surface area (Å²) in [7, 11) is 0. The average Bonchev–Trinajstić information content (AvgIpc) is 2.82. The number of hydrogen-bond acceptors (Lipinski definition) is 4. The maximum absolute atomic E-state index is 14.6. The van der Waals surface area contributed by atoms with Crippen LogP contribution in [0.2, 0.25) is 0 Å². The van der Waals surface area contributed by atoms with Gasteiger partial charge in [0.1, 0.15) is 15.9 Å². The maximum Gasteiger partial charge on any atom is 0.416 e. The number of hydrogen-bond donors (Lipinski definition) is 1. The van der Waals surface area contributed by atoms with Gasteiger partial charge in [-0.3, -0.25) is 13.9 Å². The van der Waals surface area contributed by atoms with E-state index in [1.807, 2.05) is 0 Å². The number of carbonyl (C=O) groups excluding carboxylic acids is 1. The lowest BCUT2D eigenvalue weighted by Crippen LogP contribution is -2.45. The molecule has 12 heteroatoms. The van der Waals surface area contributed by atoms with E-state index in [1.165, 1.54) is 6.92 Å². The van der Waals surface area contributed by atoms with Gasteiger partial charge in [0.05, 0.1) is 24.7 Å². The first kappa shape index (κ1) is 29.2. The third-order valence-electron chi connectivity index (χ3n) is 5.62. The molecule has 0 unspecified atom stereocenters. The van der Waals surface area contributed by atoms with Crippen molar-refractivity contribution in [1.29, 1.82) is 0 Å². The van der Waals surface area contributed by atoms with Gasteiger partial charge < -0.3 is 10.1 Å². The zero-order chi connectivity index (χ0) is 28.4. The number of alkyl halides is 3. The quantitative estimate of drug-likeness (QED) is 0.376. The van der Waals surface area contributed by atoms with Crippen LogP contribution in [0.4, 0.5) is 22.4 Å². The van der Waals surface area contributed by atoms with E-state index in [9.17, 15) is 31.9 Å². The van der Waals surface area contributed by atoms with Crippen molar-refractivity contribution >= 4 is 22.0 Å². The van der Waals surface area contributed by atoms with Crippen molar-refractivity contribution in [3.63, 3.8) is 0 Å². The molecule has 3 aromatic rings. The minimum Gasteiger partial charge on any atom is -0.444 e. The number of aromatic nitrogens is 2. The van der Waals surface area contributed by atoms with E-state index in [0.29, 0.717) is 5.56 Å². The first-order valence-corrected chi connectivity index (χ1v) is 12.3. The van der Waals surface area contributed by atoms with Crippen molar-refractivity contribution in [1.82, 2.24) is 14.5 Å². The van der Waals surface area contributed by atoms with Gasteiger partial charge in [0, 0.05) is 11.3 Å². The molecule has 0 radical (unpaired) electrons. The minimum atomic E-state index is -4.86. The molecule has 0 aliphatic heterocycles. The largest absolute Gasteiger partial charge is 0.444 e. The Kier molecular flexibility index (Phi) is 8.55. The van der Waals surface area contributed by atoms with Gasteiger partial charge in [0.15, 0.2) is 0 Å². The van der Waals surface area contributed by atoms with Crippen LogP contribution < -0.4 is 16.6 Å². The van der Waals surface area contributed by atoms with Crippen LogP contribution in [0.3, 0.4) is 0 Å². The first-order valence-electron chi connectivity index (χ1n) is 11.5. The molecular weight excluding hydrogens is 574 g/mol. The van der Waals surface area contributed by atoms with Gasteiger partial charge in [-0.1, -0.05) is 36.4 Å². The van der Waals surface area contributed by atoms with Gasteiger partial charge in [-0.15, -0.1) is 0 Å². The van der Waals surface area contributed by atoms with Crippen molar-refractivity contribution in [2.45, 2.75) is 58.6 Å². The number of alkyl carbamates (subject to hydrolysis) is 1. The molecule has 0 aliphatic carbocycles. The standard InChI is InChI=1S/C26H26BrF4N3O4/c1-15-21(27)22(35)34(14-20(16-9-6-5-7-10-16)32-23(36)38-25(2,3)4)24(37)33(15)13-17-18(26(29,30)31)11-8-12-19(17)28/h5-12,20H,13-14H2,1-4H3,(H,32,36)/t20-/m1/s1. The second-order valence-corrected chi connectivity index (χ2v) is 10.4. The summed E-state index contributed by atoms with van der Waals surface area (Å²) in [5.41, 5.74) is -3.97. The van der Waals surface area contributed by atoms with E-state index in [4.69, 9.17) is 4.74 Å². The van der Waals surface area contributed by atoms with Crippen LogP contribution in [0.5, 0.6) is 0 Å². The SMILES string of the molecule is Cc1c(Br)c(=O)n(C[C@@H](NC(=O)OC(C)(C)C)c2ccccc2)c(=O)n1Cc1c(F)cccc1C(F)(F)F. The van der Waals surface area contributed by atoms with Gasteiger partial charge in [0.25, 0.3) is 5.56 Å². The summed E-state index contributed by atoms with van der Waals surface area (Å²) in [6, 6.07) is 10.1. The predicted molar refractivity (Wildman–Crippen MR) is 136 cm³/mol. The molecule has 204 valence electrons. The van der Waals surface area contributed by atoms with Crippen molar-refractivity contribution in [2.24, 2.45) is 0 Å². The zero-order valence-corrected chi connectivity index (χ0v) is 22.6. The van der Waals surface area contributed by atoms with Crippen molar-refractivity contribution in [2.75, 3.05) is 0 Å². The number of benzene rings is 2. The van der Waals surface area contributed by atoms with E-state index in [1.54, 1.807) is 51.1 Å². The highest BCUT2D eigenvalue weighted by Gasteiger charge is 2.35. The Bertz CT molecular complexity index is 1440. The molecule has 0 bridgehead atoms. The summed E-state index contributed by atoms with van der Waals surface area (Å²) in [6.45, 7) is 5.22. The first-order chi connectivity index (χ1) is 17.6. The lowest BCUT2D eigenvalue weighted by atomic mass is 10.1. The summed E-state index contributed by atoms with van der Waals surface area (Å²) >= 11 is 3.12. The number of halogens is 5. The van der Waals surface area contributed by atoms with E-state index in [-0.39, 0.29) is 16.7 Å². The Morgan fingerprint density at radius 1 is 1.03 bits per heavy atom. The van der Waals surface area contributed by atoms with Crippen LogP contribution in [-0.2, 0) is 24.0 Å². The molecule has 2 aromatic carbocycles. The van der Waals surface area contributed by atoms with Crippen LogP contribution >= 0.6 is 15.9 Å². The van der Waals surface area contributed by atoms with Crippen LogP contribution in [-0.4, -0.2) is 20.8 Å². The monoisotopic (exact) mass is 599 g/mol. The normalized spacial score (nSPS) is 12.8. The molecule has 7 nitrogen and oxygen atoms in total. The molecule has 0 aliphatic rings. The number of amides is 1. The van der Waals surface area contributed by atoms with Gasteiger partial charge in [-0.2, -0.15) is 13.2 Å². The lowest BCUT2D eigenvalue weighted by Gasteiger charge is -2.25. The van der Waals surface area contributed by atoms with E-state index < -0.39 is 58.7 Å². The van der Waals surface area contributed by atoms with Gasteiger partial charge in [-0.05, 0) is 61.3 Å². The van der Waals surface area contributed by atoms with E-state index in [2.05, 4.69) is 21.2 Å². The molecule has 0 saturated carbocycles. The minimum absolute atomic E-state index is 0.0176. The van der Waals surface area contributed by atoms with Crippen molar-refractivity contribution in [3.05, 3.63) is 102 Å². The Balaban J connectivity index is 2.11. The highest BCUT2D eigenvalue weighted by Crippen LogP contribution is 2.33. The fourth-order valence-electron chi connectivity index (χ4n) is 3.81. The Hall–Kier alpha value is -3.41. The van der Waals surface area contributed by atoms with Crippen molar-refractivity contribution in [3.8, 4) is 0 Å². The Labute approximate surface area is 224 Å². The van der Waals surface area contributed by atoms with Crippen molar-refractivity contribution < 1.29 is 27.1 Å². The molecule has 1 amide bonds. The van der Waals surface area contributed by atoms with Crippen LogP contribution in [0.15, 0.2) is 62.6 Å². The second-order valence-electron chi connectivity index (χ2n) is 9.56. The summed E-state index contributed by atoms with van der Waals surface area (Å²) < 4.78 is 62.2. The molecule has 38 heavy (non-hydrogen) atoms. The van der Waals surface area contributed by atoms with Crippen LogP contribution in [0.1, 0.15) is 49.2 Å². The number of rotatable bonds is 6. The average molecular weight is 600 g/mol. The van der Waals surface area contributed by atoms with E-state index >= 15 is 0 Å². The number of nitrogens with one attached hydrogen (secondary N) is 1. The third kappa shape index (κ3) is 6.72. The summed E-state index contributed by atoms with van der Waals surface area (Å²) in [6.07, 6.45) is -5.66. The molecule has 1 N–H and O–H groups in total. The molecule has 0 fully saturated rings. The summed E-state index contributed by atoms with van der Waals surface area (Å²) in [4.78, 5) is 39.1. The molecule has 3 rings (SSSR count). The molecule has 0 spiro atoms. The number of ether oxygens (including phenoxy) is 1. The Morgan fingerprint density at radius 2 is 1.66 bits per heavy atom. The van der Waals surface area contributed by atoms with Crippen LogP contribution in [0.25, 0.3) is 0 Å². The maximum atomic E-state index is 14.6. The Morgan fingerprint density at radius 3 is 2.24 bits per heavy atom. The molecule has 1 aromatic heterocycles. The zero-order valence-electron chi connectivity index (χ0n) is 21.0. The van der Waals surface area contributed by atoms with Gasteiger partial charge in [-0.25, -0.2) is 14.0 Å². The fourth-order valence-corrected chi connectivity index (χ4v) is 4.24. The van der Waals surface area contributed by atoms with Crippen LogP contribution in [0, 0.1) is 12.7 Å². The lowest BCUT2D eigenvalue weighted by molar-refractivity contribution is -0.138. The molecule has 1 atom stereocenters. The number of carbonyl (C=O) groups is 1. The third-order valence-corrected chi connectivity index (χ3v) is 6.53. The summed E-state index contributed by atoms with van der Waals surface area (Å²) in [5, 5.41) is 2.64. The van der Waals surface area contributed by atoms with Gasteiger partial charge >= 0.3 is 18.0 Å². The topological polar surface area (TPSA) is 82.3 Å². The highest BCUT2D eigenvalue weighted by molar-refractivity contribution is 9.10. The molecule has 0 saturated heterocycles. The fraction of sp³-hybridized carbons (Fsp3) is 0.346. The highest BCUT2D eigenvalue weighted by atomic mass is 79.9. The summed E-state index contributed by atoms with van der Waals surface area (Å²) in [5.74, 6) is -1.14. The smallest absolute Gasteiger partial charge is 0.416 e. The predicted octanol–water partition coefficient (Wildman–Crippen LogP) is 5.55. The molecular formula is C26H26BrF4N3O4.